The van der Waals surface area contributed by atoms with Gasteiger partial charge in [0, 0.05) is 29.9 Å². The number of hydrogen-bond acceptors (Lipinski definition) is 2. The zero-order valence-electron chi connectivity index (χ0n) is 11.1. The van der Waals surface area contributed by atoms with Crippen LogP contribution in [0.5, 0.6) is 0 Å². The lowest BCUT2D eigenvalue weighted by atomic mass is 10.2. The van der Waals surface area contributed by atoms with Crippen molar-refractivity contribution in [1.29, 1.82) is 0 Å². The smallest absolute Gasteiger partial charge is 0.0396 e. The van der Waals surface area contributed by atoms with Gasteiger partial charge in [-0.25, -0.2) is 0 Å². The molecule has 2 rings (SSSR count). The van der Waals surface area contributed by atoms with Crippen molar-refractivity contribution in [3.8, 4) is 11.8 Å². The Morgan fingerprint density at radius 3 is 2.53 bits per heavy atom. The monoisotopic (exact) mass is 250 g/mol. The fourth-order valence-corrected chi connectivity index (χ4v) is 1.71. The molecule has 0 atom stereocenters. The highest BCUT2D eigenvalue weighted by Crippen LogP contribution is 2.16. The van der Waals surface area contributed by atoms with E-state index in [1.54, 1.807) is 0 Å². The number of nitrogens with one attached hydrogen (secondary N) is 2. The summed E-state index contributed by atoms with van der Waals surface area (Å²) in [5.41, 5.74) is 3.19. The van der Waals surface area contributed by atoms with Crippen LogP contribution in [0.25, 0.3) is 0 Å². The summed E-state index contributed by atoms with van der Waals surface area (Å²) in [6.07, 6.45) is 0.868. The maximum Gasteiger partial charge on any atom is 0.0396 e. The number of anilines is 2. The van der Waals surface area contributed by atoms with Crippen molar-refractivity contribution in [1.82, 2.24) is 5.32 Å². The standard InChI is InChI=1S/C17H18N2/c1-18-13-6-5-8-15-9-7-12-17(14-15)19-16-10-3-2-4-11-16/h2-4,7,9-12,14,18-19H,6,13H2,1H3. The molecule has 0 bridgehead atoms. The molecule has 2 nitrogen and oxygen atoms in total. The van der Waals surface area contributed by atoms with Crippen LogP contribution >= 0.6 is 0 Å². The largest absolute Gasteiger partial charge is 0.355 e. The van der Waals surface area contributed by atoms with Gasteiger partial charge in [0.15, 0.2) is 0 Å². The van der Waals surface area contributed by atoms with Gasteiger partial charge in [0.25, 0.3) is 0 Å². The first kappa shape index (κ1) is 13.2. The number of hydrogen-bond donors (Lipinski definition) is 2. The van der Waals surface area contributed by atoms with Crippen LogP contribution in [0.15, 0.2) is 54.6 Å². The van der Waals surface area contributed by atoms with E-state index < -0.39 is 0 Å². The molecule has 0 aromatic heterocycles. The summed E-state index contributed by atoms with van der Waals surface area (Å²) >= 11 is 0. The highest BCUT2D eigenvalue weighted by Gasteiger charge is 1.94. The summed E-state index contributed by atoms with van der Waals surface area (Å²) in [5.74, 6) is 6.33. The average Bonchev–Trinajstić information content (AvgIpc) is 2.45. The third-order valence-corrected chi connectivity index (χ3v) is 2.66. The van der Waals surface area contributed by atoms with Gasteiger partial charge in [-0.15, -0.1) is 0 Å². The SMILES string of the molecule is CNCCC#Cc1cccc(Nc2ccccc2)c1. The lowest BCUT2D eigenvalue weighted by molar-refractivity contribution is 0.818. The first-order valence-corrected chi connectivity index (χ1v) is 6.44. The molecule has 0 amide bonds. The number of para-hydroxylation sites is 1. The fraction of sp³-hybridized carbons (Fsp3) is 0.176. The van der Waals surface area contributed by atoms with Crippen LogP contribution in [-0.4, -0.2) is 13.6 Å². The van der Waals surface area contributed by atoms with E-state index in [4.69, 9.17) is 0 Å². The third kappa shape index (κ3) is 4.50. The number of benzene rings is 2. The molecule has 0 saturated heterocycles. The molecule has 0 heterocycles. The Hall–Kier alpha value is -2.24. The lowest BCUT2D eigenvalue weighted by Gasteiger charge is -2.06. The van der Waals surface area contributed by atoms with Gasteiger partial charge in [0.05, 0.1) is 0 Å². The Labute approximate surface area is 114 Å². The summed E-state index contributed by atoms with van der Waals surface area (Å²) in [4.78, 5) is 0. The Bertz CT molecular complexity index is 565. The molecule has 2 aromatic carbocycles. The molecular formula is C17H18N2. The van der Waals surface area contributed by atoms with E-state index in [9.17, 15) is 0 Å². The van der Waals surface area contributed by atoms with E-state index in [2.05, 4.69) is 28.5 Å². The van der Waals surface area contributed by atoms with Gasteiger partial charge < -0.3 is 10.6 Å². The summed E-state index contributed by atoms with van der Waals surface area (Å²) in [6.45, 7) is 0.926. The summed E-state index contributed by atoms with van der Waals surface area (Å²) in [5, 5.41) is 6.45. The molecule has 0 fully saturated rings. The topological polar surface area (TPSA) is 24.1 Å². The van der Waals surface area contributed by atoms with E-state index in [1.165, 1.54) is 0 Å². The Morgan fingerprint density at radius 1 is 0.947 bits per heavy atom. The second-order valence-electron chi connectivity index (χ2n) is 4.23. The minimum Gasteiger partial charge on any atom is -0.355 e. The predicted octanol–water partition coefficient (Wildman–Crippen LogP) is 3.39. The van der Waals surface area contributed by atoms with Gasteiger partial charge in [0.2, 0.25) is 0 Å². The molecule has 0 unspecified atom stereocenters. The average molecular weight is 250 g/mol. The van der Waals surface area contributed by atoms with E-state index in [0.29, 0.717) is 0 Å². The van der Waals surface area contributed by atoms with Crippen molar-refractivity contribution >= 4 is 11.4 Å². The van der Waals surface area contributed by atoms with Crippen molar-refractivity contribution in [3.63, 3.8) is 0 Å². The third-order valence-electron chi connectivity index (χ3n) is 2.66. The van der Waals surface area contributed by atoms with Crippen molar-refractivity contribution in [2.24, 2.45) is 0 Å². The summed E-state index contributed by atoms with van der Waals surface area (Å²) < 4.78 is 0. The van der Waals surface area contributed by atoms with Crippen LogP contribution in [0.3, 0.4) is 0 Å². The number of rotatable bonds is 4. The Balaban J connectivity index is 2.04. The zero-order chi connectivity index (χ0) is 13.3. The molecule has 2 aromatic rings. The molecule has 19 heavy (non-hydrogen) atoms. The van der Waals surface area contributed by atoms with Crippen molar-refractivity contribution in [3.05, 3.63) is 60.2 Å². The normalized spacial score (nSPS) is 9.53. The minimum atomic E-state index is 0.868. The molecule has 0 saturated carbocycles. The van der Waals surface area contributed by atoms with Gasteiger partial charge in [-0.3, -0.25) is 0 Å². The van der Waals surface area contributed by atoms with E-state index >= 15 is 0 Å². The van der Waals surface area contributed by atoms with Crippen LogP contribution in [0, 0.1) is 11.8 Å². The highest BCUT2D eigenvalue weighted by atomic mass is 14.9. The molecule has 96 valence electrons. The van der Waals surface area contributed by atoms with Crippen molar-refractivity contribution in [2.75, 3.05) is 18.9 Å². The van der Waals surface area contributed by atoms with Gasteiger partial charge >= 0.3 is 0 Å². The second kappa shape index (κ2) is 7.25. The van der Waals surface area contributed by atoms with E-state index in [-0.39, 0.29) is 0 Å². The van der Waals surface area contributed by atoms with Crippen LogP contribution < -0.4 is 10.6 Å². The maximum atomic E-state index is 3.37. The predicted molar refractivity (Wildman–Crippen MR) is 81.6 cm³/mol. The molecular weight excluding hydrogens is 232 g/mol. The van der Waals surface area contributed by atoms with E-state index in [1.807, 2.05) is 55.6 Å². The molecule has 2 N–H and O–H groups in total. The van der Waals surface area contributed by atoms with Gasteiger partial charge in [-0.05, 0) is 37.4 Å². The summed E-state index contributed by atoms with van der Waals surface area (Å²) in [7, 11) is 1.94. The molecule has 0 aliphatic carbocycles. The van der Waals surface area contributed by atoms with E-state index in [0.717, 1.165) is 29.9 Å². The fourth-order valence-electron chi connectivity index (χ4n) is 1.71. The van der Waals surface area contributed by atoms with Crippen molar-refractivity contribution in [2.45, 2.75) is 6.42 Å². The molecule has 0 radical (unpaired) electrons. The van der Waals surface area contributed by atoms with Crippen LogP contribution in [0.4, 0.5) is 11.4 Å². The van der Waals surface area contributed by atoms with Crippen LogP contribution in [0.1, 0.15) is 12.0 Å². The van der Waals surface area contributed by atoms with Crippen LogP contribution in [-0.2, 0) is 0 Å². The quantitative estimate of drug-likeness (QED) is 0.642. The minimum absolute atomic E-state index is 0.868. The van der Waals surface area contributed by atoms with Gasteiger partial charge in [0.1, 0.15) is 0 Å². The molecule has 0 spiro atoms. The first-order valence-electron chi connectivity index (χ1n) is 6.44. The molecule has 0 aliphatic heterocycles. The molecule has 2 heteroatoms. The van der Waals surface area contributed by atoms with Gasteiger partial charge in [-0.1, -0.05) is 36.1 Å². The first-order chi connectivity index (χ1) is 9.38. The highest BCUT2D eigenvalue weighted by molar-refractivity contribution is 5.61. The zero-order valence-corrected chi connectivity index (χ0v) is 11.1. The Morgan fingerprint density at radius 2 is 1.74 bits per heavy atom. The maximum absolute atomic E-state index is 3.37. The Kier molecular flexibility index (Phi) is 5.04. The van der Waals surface area contributed by atoms with Gasteiger partial charge in [-0.2, -0.15) is 0 Å². The van der Waals surface area contributed by atoms with Crippen molar-refractivity contribution < 1.29 is 0 Å². The second-order valence-corrected chi connectivity index (χ2v) is 4.23. The lowest BCUT2D eigenvalue weighted by Crippen LogP contribution is -2.05. The summed E-state index contributed by atoms with van der Waals surface area (Å²) in [6, 6.07) is 18.3. The molecule has 0 aliphatic rings. The van der Waals surface area contributed by atoms with Crippen LogP contribution in [0.2, 0.25) is 0 Å².